The van der Waals surface area contributed by atoms with Gasteiger partial charge in [-0.3, -0.25) is 4.40 Å². The van der Waals surface area contributed by atoms with Crippen LogP contribution in [-0.2, 0) is 6.42 Å². The molecule has 5 heteroatoms. The number of aryl methyl sites for hydroxylation is 2. The Hall–Kier alpha value is -1.59. The highest BCUT2D eigenvalue weighted by molar-refractivity contribution is 7.15. The fraction of sp³-hybridized carbons (Fsp3) is 0.400. The zero-order valence-corrected chi connectivity index (χ0v) is 13.0. The van der Waals surface area contributed by atoms with E-state index >= 15 is 0 Å². The van der Waals surface area contributed by atoms with Crippen LogP contribution in [0, 0.1) is 20.8 Å². The number of nitrogens with zero attached hydrogens (tertiary/aromatic N) is 2. The second-order valence-electron chi connectivity index (χ2n) is 5.12. The third kappa shape index (κ3) is 2.17. The van der Waals surface area contributed by atoms with Gasteiger partial charge in [0.25, 0.3) is 0 Å². The van der Waals surface area contributed by atoms with E-state index in [1.165, 1.54) is 11.1 Å². The smallest absolute Gasteiger partial charge is 0.193 e. The Morgan fingerprint density at radius 1 is 1.35 bits per heavy atom. The number of thiazole rings is 1. The van der Waals surface area contributed by atoms with Gasteiger partial charge in [-0.15, -0.1) is 11.3 Å². The van der Waals surface area contributed by atoms with Crippen LogP contribution < -0.4 is 5.32 Å². The van der Waals surface area contributed by atoms with Gasteiger partial charge in [-0.1, -0.05) is 0 Å². The van der Waals surface area contributed by atoms with Gasteiger partial charge in [-0.25, -0.2) is 4.98 Å². The molecule has 3 aromatic heterocycles. The first-order chi connectivity index (χ1) is 9.60. The SMILES string of the molecule is CNC(Cc1cn2ccsc2n1)c1c(C)oc(C)c1C. The summed E-state index contributed by atoms with van der Waals surface area (Å²) in [6.07, 6.45) is 5.02. The van der Waals surface area contributed by atoms with Crippen molar-refractivity contribution < 1.29 is 4.42 Å². The van der Waals surface area contributed by atoms with Crippen LogP contribution in [0.3, 0.4) is 0 Å². The van der Waals surface area contributed by atoms with Crippen molar-refractivity contribution in [1.82, 2.24) is 14.7 Å². The Morgan fingerprint density at radius 3 is 2.75 bits per heavy atom. The quantitative estimate of drug-likeness (QED) is 0.800. The summed E-state index contributed by atoms with van der Waals surface area (Å²) in [5.41, 5.74) is 3.61. The lowest BCUT2D eigenvalue weighted by atomic mass is 9.98. The second kappa shape index (κ2) is 5.07. The summed E-state index contributed by atoms with van der Waals surface area (Å²) in [6.45, 7) is 6.17. The molecule has 1 atom stereocenters. The molecule has 0 bridgehead atoms. The van der Waals surface area contributed by atoms with Crippen LogP contribution in [-0.4, -0.2) is 16.4 Å². The third-order valence-electron chi connectivity index (χ3n) is 3.87. The van der Waals surface area contributed by atoms with Gasteiger partial charge in [0, 0.05) is 35.8 Å². The highest BCUT2D eigenvalue weighted by atomic mass is 32.1. The van der Waals surface area contributed by atoms with E-state index in [1.54, 1.807) is 11.3 Å². The number of fused-ring (bicyclic) bond motifs is 1. The van der Waals surface area contributed by atoms with Crippen LogP contribution in [0.25, 0.3) is 4.96 Å². The topological polar surface area (TPSA) is 42.5 Å². The zero-order valence-electron chi connectivity index (χ0n) is 12.2. The Kier molecular flexibility index (Phi) is 3.40. The zero-order chi connectivity index (χ0) is 14.3. The van der Waals surface area contributed by atoms with Gasteiger partial charge in [0.15, 0.2) is 4.96 Å². The van der Waals surface area contributed by atoms with Crippen LogP contribution in [0.15, 0.2) is 22.2 Å². The molecule has 0 aliphatic rings. The maximum atomic E-state index is 5.75. The number of likely N-dealkylation sites (N-methyl/N-ethyl adjacent to an activating group) is 1. The number of rotatable bonds is 4. The van der Waals surface area contributed by atoms with E-state index in [4.69, 9.17) is 4.42 Å². The second-order valence-corrected chi connectivity index (χ2v) is 6.00. The summed E-state index contributed by atoms with van der Waals surface area (Å²) in [5.74, 6) is 2.00. The maximum Gasteiger partial charge on any atom is 0.193 e. The van der Waals surface area contributed by atoms with Crippen molar-refractivity contribution in [3.63, 3.8) is 0 Å². The molecular weight excluding hydrogens is 270 g/mol. The molecular formula is C15H19N3OS. The monoisotopic (exact) mass is 289 g/mol. The van der Waals surface area contributed by atoms with Gasteiger partial charge in [0.2, 0.25) is 0 Å². The minimum atomic E-state index is 0.233. The largest absolute Gasteiger partial charge is 0.466 e. The van der Waals surface area contributed by atoms with Gasteiger partial charge >= 0.3 is 0 Å². The van der Waals surface area contributed by atoms with Crippen molar-refractivity contribution in [3.8, 4) is 0 Å². The van der Waals surface area contributed by atoms with E-state index in [2.05, 4.69) is 33.2 Å². The molecule has 0 saturated heterocycles. The van der Waals surface area contributed by atoms with Crippen LogP contribution in [0.2, 0.25) is 0 Å². The number of hydrogen-bond acceptors (Lipinski definition) is 4. The fourth-order valence-corrected chi connectivity index (χ4v) is 3.47. The first-order valence-corrected chi connectivity index (χ1v) is 7.63. The molecule has 20 heavy (non-hydrogen) atoms. The molecule has 0 saturated carbocycles. The Labute approximate surface area is 122 Å². The molecule has 0 aliphatic carbocycles. The summed E-state index contributed by atoms with van der Waals surface area (Å²) in [5, 5.41) is 5.44. The van der Waals surface area contributed by atoms with Gasteiger partial charge in [0.05, 0.1) is 5.69 Å². The van der Waals surface area contributed by atoms with E-state index in [0.29, 0.717) is 0 Å². The summed E-state index contributed by atoms with van der Waals surface area (Å²) in [7, 11) is 1.99. The van der Waals surface area contributed by atoms with E-state index in [0.717, 1.165) is 28.6 Å². The van der Waals surface area contributed by atoms with E-state index in [-0.39, 0.29) is 6.04 Å². The molecule has 3 heterocycles. The lowest BCUT2D eigenvalue weighted by Gasteiger charge is -2.15. The van der Waals surface area contributed by atoms with Crippen LogP contribution >= 0.6 is 11.3 Å². The van der Waals surface area contributed by atoms with E-state index < -0.39 is 0 Å². The minimum absolute atomic E-state index is 0.233. The number of furan rings is 1. The summed E-state index contributed by atoms with van der Waals surface area (Å²) < 4.78 is 7.82. The average molecular weight is 289 g/mol. The predicted octanol–water partition coefficient (Wildman–Crippen LogP) is 3.42. The van der Waals surface area contributed by atoms with Gasteiger partial charge in [-0.2, -0.15) is 0 Å². The third-order valence-corrected chi connectivity index (χ3v) is 4.64. The van der Waals surface area contributed by atoms with Crippen LogP contribution in [0.1, 0.15) is 34.4 Å². The summed E-state index contributed by atoms with van der Waals surface area (Å²) in [6, 6.07) is 0.233. The Balaban J connectivity index is 1.92. The molecule has 3 aromatic rings. The molecule has 0 aromatic carbocycles. The average Bonchev–Trinajstić information content (AvgIpc) is 3.03. The molecule has 0 amide bonds. The molecule has 1 unspecified atom stereocenters. The van der Waals surface area contributed by atoms with Gasteiger partial charge < -0.3 is 9.73 Å². The molecule has 0 radical (unpaired) electrons. The van der Waals surface area contributed by atoms with E-state index in [9.17, 15) is 0 Å². The number of aromatic nitrogens is 2. The maximum absolute atomic E-state index is 5.75. The normalized spacial score (nSPS) is 13.2. The van der Waals surface area contributed by atoms with Crippen molar-refractivity contribution in [1.29, 1.82) is 0 Å². The highest BCUT2D eigenvalue weighted by Gasteiger charge is 2.21. The molecule has 4 nitrogen and oxygen atoms in total. The summed E-state index contributed by atoms with van der Waals surface area (Å²) >= 11 is 1.66. The van der Waals surface area contributed by atoms with Gasteiger partial charge in [0.1, 0.15) is 11.5 Å². The van der Waals surface area contributed by atoms with Crippen molar-refractivity contribution in [2.75, 3.05) is 7.05 Å². The van der Waals surface area contributed by atoms with Crippen molar-refractivity contribution in [3.05, 3.63) is 46.1 Å². The molecule has 1 N–H and O–H groups in total. The predicted molar refractivity (Wildman–Crippen MR) is 81.5 cm³/mol. The van der Waals surface area contributed by atoms with Crippen LogP contribution in [0.5, 0.6) is 0 Å². The molecule has 0 aliphatic heterocycles. The summed E-state index contributed by atoms with van der Waals surface area (Å²) in [4.78, 5) is 5.71. The first kappa shape index (κ1) is 13.4. The standard InChI is InChI=1S/C15H19N3OS/c1-9-10(2)19-11(3)14(9)13(16-4)7-12-8-18-5-6-20-15(18)17-12/h5-6,8,13,16H,7H2,1-4H3. The molecule has 0 fully saturated rings. The molecule has 0 spiro atoms. The van der Waals surface area contributed by atoms with Gasteiger partial charge in [-0.05, 0) is 33.4 Å². The molecule has 106 valence electrons. The lowest BCUT2D eigenvalue weighted by molar-refractivity contribution is 0.489. The Morgan fingerprint density at radius 2 is 2.15 bits per heavy atom. The van der Waals surface area contributed by atoms with Crippen molar-refractivity contribution >= 4 is 16.3 Å². The first-order valence-electron chi connectivity index (χ1n) is 6.75. The number of imidazole rings is 1. The fourth-order valence-electron chi connectivity index (χ4n) is 2.75. The lowest BCUT2D eigenvalue weighted by Crippen LogP contribution is -2.20. The van der Waals surface area contributed by atoms with Crippen LogP contribution in [0.4, 0.5) is 0 Å². The minimum Gasteiger partial charge on any atom is -0.466 e. The van der Waals surface area contributed by atoms with E-state index in [1.807, 2.05) is 27.1 Å². The number of hydrogen-bond donors (Lipinski definition) is 1. The van der Waals surface area contributed by atoms with Crippen molar-refractivity contribution in [2.24, 2.45) is 0 Å². The van der Waals surface area contributed by atoms with Crippen molar-refractivity contribution in [2.45, 2.75) is 33.2 Å². The Bertz CT molecular complexity index is 709. The highest BCUT2D eigenvalue weighted by Crippen LogP contribution is 2.29. The number of nitrogens with one attached hydrogen (secondary N) is 1. The molecule has 3 rings (SSSR count).